The number of anilines is 1. The van der Waals surface area contributed by atoms with Crippen LogP contribution in [0.15, 0.2) is 66.7 Å². The normalized spacial score (nSPS) is 10.5. The van der Waals surface area contributed by atoms with Gasteiger partial charge in [0.05, 0.1) is 24.1 Å². The Labute approximate surface area is 233 Å². The van der Waals surface area contributed by atoms with Crippen molar-refractivity contribution in [2.75, 3.05) is 18.1 Å². The van der Waals surface area contributed by atoms with Crippen LogP contribution < -0.4 is 15.4 Å². The van der Waals surface area contributed by atoms with Crippen molar-refractivity contribution < 1.29 is 19.1 Å². The molecule has 0 spiro atoms. The molecule has 1 heterocycles. The number of carbonyl (C=O) groups excluding carboxylic acids is 2. The SMILES string of the molecule is CCOC(=O)CCN(C(=O)Oc1ccc2[nH]c(CCc3ccc(C(=N)N)cc3)nc2c1C)c1ccccc1.Cl. The number of hydrogen-bond donors (Lipinski definition) is 3. The van der Waals surface area contributed by atoms with Gasteiger partial charge in [-0.3, -0.25) is 15.1 Å². The van der Waals surface area contributed by atoms with E-state index in [4.69, 9.17) is 25.6 Å². The highest BCUT2D eigenvalue weighted by Crippen LogP contribution is 2.27. The lowest BCUT2D eigenvalue weighted by Gasteiger charge is -2.22. The van der Waals surface area contributed by atoms with Crippen molar-refractivity contribution in [2.45, 2.75) is 33.1 Å². The third-order valence-corrected chi connectivity index (χ3v) is 6.15. The smallest absolute Gasteiger partial charge is 0.419 e. The second kappa shape index (κ2) is 13.4. The van der Waals surface area contributed by atoms with Gasteiger partial charge in [-0.15, -0.1) is 12.4 Å². The fourth-order valence-electron chi connectivity index (χ4n) is 4.11. The largest absolute Gasteiger partial charge is 0.466 e. The number of para-hydroxylation sites is 1. The van der Waals surface area contributed by atoms with Crippen LogP contribution in [-0.2, 0) is 22.4 Å². The third kappa shape index (κ3) is 7.36. The molecule has 4 N–H and O–H groups in total. The molecule has 0 saturated heterocycles. The molecule has 0 aliphatic heterocycles. The maximum absolute atomic E-state index is 13.2. The van der Waals surface area contributed by atoms with E-state index < -0.39 is 6.09 Å². The summed E-state index contributed by atoms with van der Waals surface area (Å²) in [5, 5.41) is 7.51. The predicted molar refractivity (Wildman–Crippen MR) is 154 cm³/mol. The van der Waals surface area contributed by atoms with E-state index in [2.05, 4.69) is 4.98 Å². The average Bonchev–Trinajstić information content (AvgIpc) is 3.34. The molecule has 204 valence electrons. The van der Waals surface area contributed by atoms with Gasteiger partial charge in [0.25, 0.3) is 0 Å². The van der Waals surface area contributed by atoms with Gasteiger partial charge in [0.1, 0.15) is 17.4 Å². The Balaban J connectivity index is 0.00000420. The average molecular weight is 550 g/mol. The summed E-state index contributed by atoms with van der Waals surface area (Å²) in [6.07, 6.45) is 0.924. The Morgan fingerprint density at radius 2 is 1.74 bits per heavy atom. The summed E-state index contributed by atoms with van der Waals surface area (Å²) >= 11 is 0. The van der Waals surface area contributed by atoms with Crippen molar-refractivity contribution in [1.82, 2.24) is 9.97 Å². The summed E-state index contributed by atoms with van der Waals surface area (Å²) in [5.41, 5.74) is 10.3. The number of imidazole rings is 1. The number of fused-ring (bicyclic) bond motifs is 1. The van der Waals surface area contributed by atoms with Crippen LogP contribution in [0.1, 0.15) is 35.9 Å². The van der Waals surface area contributed by atoms with Crippen molar-refractivity contribution in [3.05, 3.63) is 89.2 Å². The van der Waals surface area contributed by atoms with E-state index in [1.807, 2.05) is 55.5 Å². The van der Waals surface area contributed by atoms with Gasteiger partial charge in [0.15, 0.2) is 0 Å². The first-order valence-electron chi connectivity index (χ1n) is 12.5. The lowest BCUT2D eigenvalue weighted by Crippen LogP contribution is -2.35. The van der Waals surface area contributed by atoms with E-state index in [0.29, 0.717) is 23.4 Å². The molecule has 1 aromatic heterocycles. The van der Waals surface area contributed by atoms with Crippen molar-refractivity contribution in [1.29, 1.82) is 5.41 Å². The molecule has 0 aliphatic carbocycles. The molecule has 0 saturated carbocycles. The Hall–Kier alpha value is -4.37. The van der Waals surface area contributed by atoms with Gasteiger partial charge in [-0.2, -0.15) is 0 Å². The first kappa shape index (κ1) is 29.2. The van der Waals surface area contributed by atoms with Gasteiger partial charge in [-0.05, 0) is 50.1 Å². The van der Waals surface area contributed by atoms with Gasteiger partial charge >= 0.3 is 12.1 Å². The highest BCUT2D eigenvalue weighted by molar-refractivity contribution is 5.95. The summed E-state index contributed by atoms with van der Waals surface area (Å²) in [4.78, 5) is 34.6. The number of rotatable bonds is 10. The Bertz CT molecular complexity index is 1440. The minimum atomic E-state index is -0.590. The van der Waals surface area contributed by atoms with Crippen LogP contribution in [0.3, 0.4) is 0 Å². The molecule has 0 atom stereocenters. The molecular weight excluding hydrogens is 518 g/mol. The van der Waals surface area contributed by atoms with Crippen LogP contribution in [0.4, 0.5) is 10.5 Å². The summed E-state index contributed by atoms with van der Waals surface area (Å²) in [6.45, 7) is 4.02. The van der Waals surface area contributed by atoms with Gasteiger partial charge in [0.2, 0.25) is 0 Å². The van der Waals surface area contributed by atoms with Crippen molar-refractivity contribution >= 4 is 47.0 Å². The second-order valence-electron chi connectivity index (χ2n) is 8.79. The number of nitrogens with one attached hydrogen (secondary N) is 2. The molecule has 4 rings (SSSR count). The van der Waals surface area contributed by atoms with E-state index in [1.54, 1.807) is 25.1 Å². The number of aromatic nitrogens is 2. The minimum Gasteiger partial charge on any atom is -0.466 e. The summed E-state index contributed by atoms with van der Waals surface area (Å²) in [6, 6.07) is 20.3. The molecule has 0 fully saturated rings. The molecule has 0 bridgehead atoms. The highest BCUT2D eigenvalue weighted by Gasteiger charge is 2.21. The third-order valence-electron chi connectivity index (χ3n) is 6.15. The number of nitrogen functional groups attached to an aromatic ring is 1. The first-order chi connectivity index (χ1) is 18.4. The summed E-state index contributed by atoms with van der Waals surface area (Å²) in [5.74, 6) is 0.893. The number of nitrogens with two attached hydrogens (primary N) is 1. The van der Waals surface area contributed by atoms with E-state index in [1.165, 1.54) is 4.90 Å². The lowest BCUT2D eigenvalue weighted by atomic mass is 10.1. The van der Waals surface area contributed by atoms with Gasteiger partial charge < -0.3 is 20.2 Å². The number of halogens is 1. The van der Waals surface area contributed by atoms with Gasteiger partial charge in [-0.25, -0.2) is 9.78 Å². The fourth-order valence-corrected chi connectivity index (χ4v) is 4.11. The van der Waals surface area contributed by atoms with Crippen LogP contribution in [-0.4, -0.2) is 41.0 Å². The summed E-state index contributed by atoms with van der Waals surface area (Å²) in [7, 11) is 0. The van der Waals surface area contributed by atoms with Gasteiger partial charge in [0, 0.05) is 29.8 Å². The molecule has 39 heavy (non-hydrogen) atoms. The maximum atomic E-state index is 13.2. The molecule has 3 aromatic carbocycles. The zero-order chi connectivity index (χ0) is 27.1. The van der Waals surface area contributed by atoms with Crippen LogP contribution in [0, 0.1) is 12.3 Å². The second-order valence-corrected chi connectivity index (χ2v) is 8.79. The first-order valence-corrected chi connectivity index (χ1v) is 12.5. The van der Waals surface area contributed by atoms with E-state index in [-0.39, 0.29) is 43.8 Å². The fraction of sp³-hybridized carbons (Fsp3) is 0.241. The molecule has 10 heteroatoms. The molecule has 0 radical (unpaired) electrons. The molecule has 4 aromatic rings. The van der Waals surface area contributed by atoms with E-state index in [9.17, 15) is 9.59 Å². The number of esters is 1. The predicted octanol–water partition coefficient (Wildman–Crippen LogP) is 5.32. The zero-order valence-electron chi connectivity index (χ0n) is 21.9. The van der Waals surface area contributed by atoms with Crippen molar-refractivity contribution in [3.63, 3.8) is 0 Å². The Kier molecular flexibility index (Phi) is 10.1. The number of aryl methyl sites for hydroxylation is 3. The number of benzene rings is 3. The number of nitrogens with zero attached hydrogens (tertiary/aromatic N) is 2. The highest BCUT2D eigenvalue weighted by atomic mass is 35.5. The monoisotopic (exact) mass is 549 g/mol. The zero-order valence-corrected chi connectivity index (χ0v) is 22.7. The van der Waals surface area contributed by atoms with Crippen LogP contribution in [0.5, 0.6) is 5.75 Å². The number of H-pyrrole nitrogens is 1. The molecule has 1 amide bonds. The molecule has 0 unspecified atom stereocenters. The quantitative estimate of drug-likeness (QED) is 0.139. The van der Waals surface area contributed by atoms with Crippen molar-refractivity contribution in [2.24, 2.45) is 5.73 Å². The van der Waals surface area contributed by atoms with Crippen LogP contribution >= 0.6 is 12.4 Å². The number of aromatic amines is 1. The van der Waals surface area contributed by atoms with Gasteiger partial charge in [-0.1, -0.05) is 42.5 Å². The van der Waals surface area contributed by atoms with Crippen LogP contribution in [0.25, 0.3) is 11.0 Å². The number of amidine groups is 1. The van der Waals surface area contributed by atoms with Crippen LogP contribution in [0.2, 0.25) is 0 Å². The molecule has 9 nitrogen and oxygen atoms in total. The topological polar surface area (TPSA) is 134 Å². The maximum Gasteiger partial charge on any atom is 0.419 e. The van der Waals surface area contributed by atoms with E-state index in [0.717, 1.165) is 34.4 Å². The number of hydrogen-bond acceptors (Lipinski definition) is 6. The van der Waals surface area contributed by atoms with Crippen molar-refractivity contribution in [3.8, 4) is 5.75 Å². The minimum absolute atomic E-state index is 0. The Morgan fingerprint density at radius 1 is 1.03 bits per heavy atom. The summed E-state index contributed by atoms with van der Waals surface area (Å²) < 4.78 is 10.8. The number of ether oxygens (including phenoxy) is 2. The lowest BCUT2D eigenvalue weighted by molar-refractivity contribution is -0.142. The number of carbonyl (C=O) groups is 2. The van der Waals surface area contributed by atoms with E-state index >= 15 is 0 Å². The molecule has 0 aliphatic rings. The molecular formula is C29H32ClN5O4. The Morgan fingerprint density at radius 3 is 2.41 bits per heavy atom. The number of amides is 1. The standard InChI is InChI=1S/C29H31N5O4.ClH/c1-3-37-26(35)17-18-34(22-7-5-4-6-8-22)29(36)38-24-15-14-23-27(19(24)2)33-25(32-23)16-11-20-9-12-21(13-10-20)28(30)31;/h4-10,12-15H,3,11,16-18H2,1-2H3,(H3,30,31)(H,32,33);1H.